The number of nitrogens with one attached hydrogen (secondary N) is 3. The van der Waals surface area contributed by atoms with E-state index in [0.717, 1.165) is 43.8 Å². The number of thiophene rings is 1. The molecule has 0 bridgehead atoms. The zero-order valence-electron chi connectivity index (χ0n) is 18.9. The van der Waals surface area contributed by atoms with E-state index < -0.39 is 0 Å². The molecule has 0 saturated carbocycles. The van der Waals surface area contributed by atoms with Crippen LogP contribution in [-0.4, -0.2) is 26.1 Å². The van der Waals surface area contributed by atoms with Crippen LogP contribution in [0.15, 0.2) is 97.2 Å². The van der Waals surface area contributed by atoms with E-state index in [1.165, 1.54) is 10.1 Å². The Labute approximate surface area is 209 Å². The van der Waals surface area contributed by atoms with Crippen LogP contribution >= 0.6 is 11.3 Å². The fraction of sp³-hybridized carbons (Fsp3) is 0. The maximum Gasteiger partial charge on any atom is 0.255 e. The van der Waals surface area contributed by atoms with Crippen LogP contribution in [0.5, 0.6) is 0 Å². The number of H-pyrrole nitrogens is 2. The van der Waals surface area contributed by atoms with Crippen molar-refractivity contribution in [2.75, 3.05) is 5.32 Å². The Morgan fingerprint density at radius 2 is 1.75 bits per heavy atom. The van der Waals surface area contributed by atoms with Crippen molar-refractivity contribution in [1.29, 1.82) is 0 Å². The third kappa shape index (κ3) is 3.54. The summed E-state index contributed by atoms with van der Waals surface area (Å²) in [6.07, 6.45) is 1.76. The average Bonchev–Trinajstić information content (AvgIpc) is 3.65. The number of aromatic nitrogens is 4. The Morgan fingerprint density at radius 1 is 0.861 bits per heavy atom. The van der Waals surface area contributed by atoms with Crippen molar-refractivity contribution in [2.45, 2.75) is 0 Å². The molecule has 0 atom stereocenters. The monoisotopic (exact) mass is 485 g/mol. The molecule has 0 spiro atoms. The molecule has 0 radical (unpaired) electrons. The van der Waals surface area contributed by atoms with Gasteiger partial charge in [0.15, 0.2) is 0 Å². The molecule has 172 valence electrons. The van der Waals surface area contributed by atoms with Gasteiger partial charge in [-0.2, -0.15) is 5.10 Å². The maximum absolute atomic E-state index is 13.4. The van der Waals surface area contributed by atoms with Gasteiger partial charge in [0.2, 0.25) is 0 Å². The van der Waals surface area contributed by atoms with Crippen LogP contribution in [0.2, 0.25) is 0 Å². The van der Waals surface area contributed by atoms with E-state index in [0.29, 0.717) is 11.3 Å². The lowest BCUT2D eigenvalue weighted by molar-refractivity contribution is 0.102. The number of hydrogen-bond acceptors (Lipinski definition) is 4. The number of nitrogens with zero attached hydrogens (tertiary/aromatic N) is 2. The minimum Gasteiger partial charge on any atom is -0.338 e. The van der Waals surface area contributed by atoms with Crippen LogP contribution in [0.4, 0.5) is 5.69 Å². The highest BCUT2D eigenvalue weighted by molar-refractivity contribution is 7.22. The molecule has 0 unspecified atom stereocenters. The molecule has 7 aromatic rings. The highest BCUT2D eigenvalue weighted by Gasteiger charge is 2.16. The first-order valence-electron chi connectivity index (χ1n) is 11.5. The summed E-state index contributed by atoms with van der Waals surface area (Å²) in [6, 6.07) is 29.9. The summed E-state index contributed by atoms with van der Waals surface area (Å²) >= 11 is 1.70. The first-order chi connectivity index (χ1) is 17.7. The Bertz CT molecular complexity index is 1850. The predicted molar refractivity (Wildman–Crippen MR) is 146 cm³/mol. The number of anilines is 1. The van der Waals surface area contributed by atoms with Crippen molar-refractivity contribution < 1.29 is 4.79 Å². The summed E-state index contributed by atoms with van der Waals surface area (Å²) in [6.45, 7) is 0. The number of benzene rings is 4. The molecule has 0 aliphatic carbocycles. The summed E-state index contributed by atoms with van der Waals surface area (Å²) in [5, 5.41) is 12.5. The zero-order valence-corrected chi connectivity index (χ0v) is 19.8. The Morgan fingerprint density at radius 3 is 2.67 bits per heavy atom. The van der Waals surface area contributed by atoms with Gasteiger partial charge < -0.3 is 10.3 Å². The van der Waals surface area contributed by atoms with Gasteiger partial charge >= 0.3 is 0 Å². The Kier molecular flexibility index (Phi) is 4.68. The maximum atomic E-state index is 13.4. The third-order valence-corrected chi connectivity index (χ3v) is 7.43. The predicted octanol–water partition coefficient (Wildman–Crippen LogP) is 7.24. The van der Waals surface area contributed by atoms with Crippen LogP contribution < -0.4 is 5.32 Å². The number of hydrogen-bond donors (Lipinski definition) is 3. The highest BCUT2D eigenvalue weighted by Crippen LogP contribution is 2.37. The summed E-state index contributed by atoms with van der Waals surface area (Å²) in [5.74, 6) is 0.585. The van der Waals surface area contributed by atoms with Crippen LogP contribution in [0.25, 0.3) is 53.9 Å². The van der Waals surface area contributed by atoms with Crippen LogP contribution in [0.3, 0.4) is 0 Å². The molecule has 0 fully saturated rings. The molecule has 7 heteroatoms. The topological polar surface area (TPSA) is 86.5 Å². The summed E-state index contributed by atoms with van der Waals surface area (Å²) < 4.78 is 1.21. The van der Waals surface area contributed by atoms with Gasteiger partial charge in [-0.25, -0.2) is 4.98 Å². The van der Waals surface area contributed by atoms with Crippen molar-refractivity contribution >= 4 is 55.0 Å². The molecule has 0 aliphatic rings. The second kappa shape index (κ2) is 8.18. The van der Waals surface area contributed by atoms with E-state index in [9.17, 15) is 4.79 Å². The Hall–Kier alpha value is -4.75. The van der Waals surface area contributed by atoms with Gasteiger partial charge in [0.1, 0.15) is 5.82 Å². The SMILES string of the molecule is O=C(Nc1cccc(-c2nc3ccccc3[nH]2)c1)c1cc(-c2cc3ccccc3s2)c2[nH]ncc2c1. The van der Waals surface area contributed by atoms with Crippen molar-refractivity contribution in [3.8, 4) is 21.8 Å². The first-order valence-corrected chi connectivity index (χ1v) is 12.4. The molecule has 0 aliphatic heterocycles. The lowest BCUT2D eigenvalue weighted by Gasteiger charge is -2.09. The second-order valence-corrected chi connectivity index (χ2v) is 9.73. The minimum absolute atomic E-state index is 0.179. The summed E-state index contributed by atoms with van der Waals surface area (Å²) in [7, 11) is 0. The number of fused-ring (bicyclic) bond motifs is 3. The molecule has 7 rings (SSSR count). The van der Waals surface area contributed by atoms with Gasteiger partial charge in [-0.15, -0.1) is 11.3 Å². The number of rotatable bonds is 4. The van der Waals surface area contributed by atoms with Crippen LogP contribution in [-0.2, 0) is 0 Å². The largest absolute Gasteiger partial charge is 0.338 e. The Balaban J connectivity index is 1.23. The molecular formula is C29H19N5OS. The lowest BCUT2D eigenvalue weighted by Crippen LogP contribution is -2.12. The van der Waals surface area contributed by atoms with Gasteiger partial charge in [0, 0.05) is 37.3 Å². The molecule has 1 amide bonds. The molecular weight excluding hydrogens is 466 g/mol. The molecule has 3 heterocycles. The smallest absolute Gasteiger partial charge is 0.255 e. The fourth-order valence-electron chi connectivity index (χ4n) is 4.53. The number of para-hydroxylation sites is 2. The van der Waals surface area contributed by atoms with Crippen molar-refractivity contribution in [3.05, 3.63) is 103 Å². The van der Waals surface area contributed by atoms with Gasteiger partial charge in [0.25, 0.3) is 5.91 Å². The number of carbonyl (C=O) groups excluding carboxylic acids is 1. The van der Waals surface area contributed by atoms with E-state index in [1.807, 2.05) is 72.8 Å². The average molecular weight is 486 g/mol. The van der Waals surface area contributed by atoms with Gasteiger partial charge in [0.05, 0.1) is 22.7 Å². The fourth-order valence-corrected chi connectivity index (χ4v) is 5.62. The molecule has 0 saturated heterocycles. The molecule has 36 heavy (non-hydrogen) atoms. The quantitative estimate of drug-likeness (QED) is 0.246. The number of imidazole rings is 1. The lowest BCUT2D eigenvalue weighted by atomic mass is 10.0. The first kappa shape index (κ1) is 20.6. The van der Waals surface area contributed by atoms with E-state index in [1.54, 1.807) is 17.5 Å². The molecule has 6 nitrogen and oxygen atoms in total. The van der Waals surface area contributed by atoms with E-state index in [4.69, 9.17) is 0 Å². The van der Waals surface area contributed by atoms with Crippen molar-refractivity contribution in [3.63, 3.8) is 0 Å². The molecule has 3 N–H and O–H groups in total. The van der Waals surface area contributed by atoms with Crippen LogP contribution in [0.1, 0.15) is 10.4 Å². The zero-order chi connectivity index (χ0) is 24.1. The third-order valence-electron chi connectivity index (χ3n) is 6.29. The number of carbonyl (C=O) groups is 1. The summed E-state index contributed by atoms with van der Waals surface area (Å²) in [4.78, 5) is 22.5. The standard InChI is InChI=1S/C29H19N5OS/c35-29(31-21-8-5-7-18(13-21)28-32-23-9-2-3-10-24(23)33-28)19-12-20-16-30-34-27(20)22(14-19)26-15-17-6-1-4-11-25(17)36-26/h1-16H,(H,30,34)(H,31,35)(H,32,33). The minimum atomic E-state index is -0.179. The molecule has 4 aromatic carbocycles. The molecule has 3 aromatic heterocycles. The van der Waals surface area contributed by atoms with E-state index in [-0.39, 0.29) is 5.91 Å². The normalized spacial score (nSPS) is 11.4. The number of amides is 1. The van der Waals surface area contributed by atoms with Gasteiger partial charge in [-0.1, -0.05) is 42.5 Å². The van der Waals surface area contributed by atoms with Crippen LogP contribution in [0, 0.1) is 0 Å². The van der Waals surface area contributed by atoms with Crippen molar-refractivity contribution in [2.24, 2.45) is 0 Å². The van der Waals surface area contributed by atoms with E-state index in [2.05, 4.69) is 43.7 Å². The number of aromatic amines is 2. The van der Waals surface area contributed by atoms with Gasteiger partial charge in [-0.3, -0.25) is 9.89 Å². The van der Waals surface area contributed by atoms with Crippen molar-refractivity contribution in [1.82, 2.24) is 20.2 Å². The highest BCUT2D eigenvalue weighted by atomic mass is 32.1. The van der Waals surface area contributed by atoms with E-state index >= 15 is 0 Å². The second-order valence-electron chi connectivity index (χ2n) is 8.64. The van der Waals surface area contributed by atoms with Gasteiger partial charge in [-0.05, 0) is 53.9 Å². The summed E-state index contributed by atoms with van der Waals surface area (Å²) in [5.41, 5.74) is 5.95.